The zero-order valence-corrected chi connectivity index (χ0v) is 24.0. The van der Waals surface area contributed by atoms with Crippen molar-refractivity contribution in [3.8, 4) is 0 Å². The smallest absolute Gasteiger partial charge is 0.219 e. The first-order chi connectivity index (χ1) is 21.6. The van der Waals surface area contributed by atoms with Crippen molar-refractivity contribution >= 4 is 0 Å². The van der Waals surface area contributed by atoms with E-state index in [1.165, 1.54) is 0 Å². The lowest BCUT2D eigenvalue weighted by Gasteiger charge is -2.45. The molecule has 22 heteroatoms. The van der Waals surface area contributed by atoms with Gasteiger partial charge in [0.05, 0.1) is 33.0 Å². The second-order valence-corrected chi connectivity index (χ2v) is 11.1. The second-order valence-electron chi connectivity index (χ2n) is 11.1. The van der Waals surface area contributed by atoms with Gasteiger partial charge in [-0.15, -0.1) is 0 Å². The van der Waals surface area contributed by atoms with Crippen LogP contribution >= 0.6 is 0 Å². The van der Waals surface area contributed by atoms with Gasteiger partial charge in [0.15, 0.2) is 18.9 Å². The van der Waals surface area contributed by atoms with Crippen LogP contribution < -0.4 is 0 Å². The van der Waals surface area contributed by atoms with Gasteiger partial charge in [0.25, 0.3) is 0 Å². The van der Waals surface area contributed by atoms with Gasteiger partial charge in [-0.1, -0.05) is 0 Å². The quantitative estimate of drug-likeness (QED) is 0.107. The Labute approximate surface area is 260 Å². The summed E-state index contributed by atoms with van der Waals surface area (Å²) in [6.45, 7) is -3.67. The van der Waals surface area contributed by atoms with Gasteiger partial charge in [-0.05, 0) is 0 Å². The van der Waals surface area contributed by atoms with E-state index in [1.54, 1.807) is 0 Å². The molecule has 0 aromatic carbocycles. The molecule has 0 aliphatic carbocycles. The van der Waals surface area contributed by atoms with Crippen molar-refractivity contribution in [3.05, 3.63) is 0 Å². The molecule has 0 saturated carbocycles. The highest BCUT2D eigenvalue weighted by molar-refractivity contribution is 4.98. The van der Waals surface area contributed by atoms with Crippen molar-refractivity contribution in [3.63, 3.8) is 0 Å². The van der Waals surface area contributed by atoms with Crippen LogP contribution in [-0.2, 0) is 28.4 Å². The van der Waals surface area contributed by atoms with E-state index in [-0.39, 0.29) is 0 Å². The van der Waals surface area contributed by atoms with Crippen LogP contribution in [0.2, 0.25) is 0 Å². The average Bonchev–Trinajstić information content (AvgIpc) is 3.30. The fraction of sp³-hybridized carbons (Fsp3) is 1.00. The van der Waals surface area contributed by atoms with E-state index >= 15 is 0 Å². The first-order valence-corrected chi connectivity index (χ1v) is 14.1. The van der Waals surface area contributed by atoms with Gasteiger partial charge in [0.2, 0.25) is 5.79 Å². The summed E-state index contributed by atoms with van der Waals surface area (Å²) in [4.78, 5) is 0. The van der Waals surface area contributed by atoms with Crippen molar-refractivity contribution < 1.29 is 110 Å². The van der Waals surface area contributed by atoms with Crippen LogP contribution in [0.5, 0.6) is 0 Å². The summed E-state index contributed by atoms with van der Waals surface area (Å²) < 4.78 is 30.6. The topological polar surface area (TPSA) is 379 Å². The van der Waals surface area contributed by atoms with Crippen LogP contribution in [0.4, 0.5) is 0 Å². The highest BCUT2D eigenvalue weighted by Gasteiger charge is 2.56. The minimum Gasteiger partial charge on any atom is -0.394 e. The summed E-state index contributed by atoms with van der Waals surface area (Å²) in [5, 5.41) is 153. The van der Waals surface area contributed by atoms with Crippen LogP contribution in [-0.4, -0.2) is 231 Å². The Morgan fingerprint density at radius 2 is 0.891 bits per heavy atom. The highest BCUT2D eigenvalue weighted by Crippen LogP contribution is 2.34. The molecule has 16 N–H and O–H groups in total. The molecule has 0 amide bonds. The number of aliphatic hydroxyl groups excluding tert-OH is 15. The van der Waals surface area contributed by atoms with E-state index in [0.717, 1.165) is 0 Å². The maximum absolute atomic E-state index is 10.00. The maximum Gasteiger partial charge on any atom is 0.219 e. The van der Waals surface area contributed by atoms with Crippen molar-refractivity contribution in [1.29, 1.82) is 0 Å². The standard InChI is InChI=1S/2C12H22O11/c13-1-4-6(16)7(17)8(18)11(21-4)22-9-5(2-14)23-12(20,3-15)10(9)19;13-1-3-5(15)6(16)9(19)12(22-3)23-10-4(2-14)21-11(20)8(18)7(10)17/h4-11,13-20H,1-3H2;3-20H,1-2H2/t4-,5-,6+,7+,8-,9-,10+,11+,12-;3-,4-,5-,6+,7-,8-,9-,10-,11-,12-/m11/s1. The molecular formula is C24H44O22. The van der Waals surface area contributed by atoms with Gasteiger partial charge in [-0.25, -0.2) is 0 Å². The summed E-state index contributed by atoms with van der Waals surface area (Å²) >= 11 is 0. The van der Waals surface area contributed by atoms with Crippen molar-refractivity contribution in [2.24, 2.45) is 0 Å². The maximum atomic E-state index is 10.00. The Bertz CT molecular complexity index is 870. The van der Waals surface area contributed by atoms with Gasteiger partial charge >= 0.3 is 0 Å². The lowest BCUT2D eigenvalue weighted by Crippen LogP contribution is -2.64. The molecule has 4 aliphatic heterocycles. The predicted octanol–water partition coefficient (Wildman–Crippen LogP) is -10.8. The van der Waals surface area contributed by atoms with Crippen LogP contribution in [0.15, 0.2) is 0 Å². The molecule has 0 spiro atoms. The Hall–Kier alpha value is -0.880. The third-order valence-corrected chi connectivity index (χ3v) is 8.02. The van der Waals surface area contributed by atoms with Crippen molar-refractivity contribution in [2.45, 2.75) is 116 Å². The highest BCUT2D eigenvalue weighted by atomic mass is 16.7. The number of ether oxygens (including phenoxy) is 6. The number of rotatable bonds is 9. The van der Waals surface area contributed by atoms with Crippen LogP contribution in [0.25, 0.3) is 0 Å². The molecule has 46 heavy (non-hydrogen) atoms. The summed E-state index contributed by atoms with van der Waals surface area (Å²) in [6, 6.07) is 0. The molecule has 0 aromatic rings. The van der Waals surface area contributed by atoms with Crippen molar-refractivity contribution in [2.75, 3.05) is 33.0 Å². The minimum atomic E-state index is -2.37. The fourth-order valence-corrected chi connectivity index (χ4v) is 5.20. The number of hydrogen-bond donors (Lipinski definition) is 16. The average molecular weight is 685 g/mol. The predicted molar refractivity (Wildman–Crippen MR) is 137 cm³/mol. The molecule has 22 nitrogen and oxygen atoms in total. The van der Waals surface area contributed by atoms with Crippen LogP contribution in [0.1, 0.15) is 0 Å². The molecule has 19 atom stereocenters. The third-order valence-electron chi connectivity index (χ3n) is 8.02. The van der Waals surface area contributed by atoms with Crippen LogP contribution in [0.3, 0.4) is 0 Å². The second kappa shape index (κ2) is 16.7. The zero-order valence-electron chi connectivity index (χ0n) is 24.0. The van der Waals surface area contributed by atoms with Gasteiger partial charge in [-0.3, -0.25) is 0 Å². The van der Waals surface area contributed by atoms with Gasteiger partial charge in [-0.2, -0.15) is 0 Å². The fourth-order valence-electron chi connectivity index (χ4n) is 5.20. The van der Waals surface area contributed by atoms with E-state index < -0.39 is 149 Å². The molecule has 4 heterocycles. The number of aliphatic hydroxyl groups is 16. The van der Waals surface area contributed by atoms with Crippen molar-refractivity contribution in [1.82, 2.24) is 0 Å². The first-order valence-electron chi connectivity index (χ1n) is 14.1. The normalized spacial score (nSPS) is 51.4. The Balaban J connectivity index is 0.000000250. The summed E-state index contributed by atoms with van der Waals surface area (Å²) in [6.07, 6.45) is -27.8. The lowest BCUT2D eigenvalue weighted by atomic mass is 9.97. The number of hydrogen-bond acceptors (Lipinski definition) is 22. The molecule has 4 aliphatic rings. The van der Waals surface area contributed by atoms with E-state index in [2.05, 4.69) is 0 Å². The van der Waals surface area contributed by atoms with Gasteiger partial charge < -0.3 is 110 Å². The molecule has 0 aromatic heterocycles. The zero-order chi connectivity index (χ0) is 34.7. The van der Waals surface area contributed by atoms with Gasteiger partial charge in [0.1, 0.15) is 91.6 Å². The third kappa shape index (κ3) is 8.11. The van der Waals surface area contributed by atoms with E-state index in [9.17, 15) is 66.4 Å². The first kappa shape index (κ1) is 39.6. The molecule has 4 rings (SSSR count). The molecule has 0 unspecified atom stereocenters. The molecular weight excluding hydrogens is 640 g/mol. The monoisotopic (exact) mass is 684 g/mol. The lowest BCUT2D eigenvalue weighted by molar-refractivity contribution is -0.355. The SMILES string of the molecule is OC[C@H]1O[C@@H](O[C@@H]2[C@@H](CO)O[C@](O)(CO)[C@H]2O)[C@H](O)[C@@H](O)[C@H]1O.OC[C@H]1O[C@H](O[C@H]2[C@H](O)[C@@H](O)[C@H](O)O[C@@H]2CO)[C@H](O)[C@@H](O)[C@@H]1O. The molecule has 4 fully saturated rings. The Morgan fingerprint density at radius 1 is 0.457 bits per heavy atom. The summed E-state index contributed by atoms with van der Waals surface area (Å²) in [7, 11) is 0. The molecule has 0 bridgehead atoms. The minimum absolute atomic E-state index is 0.667. The largest absolute Gasteiger partial charge is 0.394 e. The Kier molecular flexibility index (Phi) is 14.3. The van der Waals surface area contributed by atoms with Crippen LogP contribution in [0, 0.1) is 0 Å². The summed E-state index contributed by atoms with van der Waals surface area (Å²) in [5.74, 6) is -2.37. The Morgan fingerprint density at radius 3 is 1.30 bits per heavy atom. The molecule has 0 radical (unpaired) electrons. The summed E-state index contributed by atoms with van der Waals surface area (Å²) in [5.41, 5.74) is 0. The van der Waals surface area contributed by atoms with E-state index in [0.29, 0.717) is 0 Å². The van der Waals surface area contributed by atoms with E-state index in [4.69, 9.17) is 43.7 Å². The molecule has 4 saturated heterocycles. The van der Waals surface area contributed by atoms with E-state index in [1.807, 2.05) is 0 Å². The van der Waals surface area contributed by atoms with Gasteiger partial charge in [0, 0.05) is 0 Å². The molecule has 272 valence electrons.